The van der Waals surface area contributed by atoms with E-state index >= 15 is 0 Å². The summed E-state index contributed by atoms with van der Waals surface area (Å²) in [6.07, 6.45) is 1.54. The van der Waals surface area contributed by atoms with Crippen molar-refractivity contribution < 1.29 is 4.39 Å². The first-order valence-electron chi connectivity index (χ1n) is 10.1. The Morgan fingerprint density at radius 2 is 1.90 bits per heavy atom. The number of hydrogen-bond donors (Lipinski definition) is 1. The Balaban J connectivity index is 1.50. The highest BCUT2D eigenvalue weighted by atomic mass is 32.2. The van der Waals surface area contributed by atoms with Crippen LogP contribution in [0.1, 0.15) is 28.3 Å². The number of para-hydroxylation sites is 1. The van der Waals surface area contributed by atoms with Crippen LogP contribution in [0, 0.1) is 19.7 Å². The van der Waals surface area contributed by atoms with Gasteiger partial charge in [0.15, 0.2) is 16.6 Å². The van der Waals surface area contributed by atoms with Crippen molar-refractivity contribution >= 4 is 28.3 Å². The molecule has 5 aromatic rings. The lowest BCUT2D eigenvalue weighted by Gasteiger charge is -2.06. The average molecular weight is 433 g/mol. The van der Waals surface area contributed by atoms with Crippen LogP contribution in [0.2, 0.25) is 0 Å². The first-order valence-corrected chi connectivity index (χ1v) is 11.1. The highest BCUT2D eigenvalue weighted by molar-refractivity contribution is 7.98. The van der Waals surface area contributed by atoms with Crippen molar-refractivity contribution in [3.8, 4) is 0 Å². The zero-order valence-electron chi connectivity index (χ0n) is 17.3. The van der Waals surface area contributed by atoms with Gasteiger partial charge in [-0.25, -0.2) is 14.4 Å². The van der Waals surface area contributed by atoms with Crippen molar-refractivity contribution in [2.45, 2.75) is 37.6 Å². The number of fused-ring (bicyclic) bond motifs is 3. The van der Waals surface area contributed by atoms with E-state index in [2.05, 4.69) is 10.2 Å². The van der Waals surface area contributed by atoms with Gasteiger partial charge >= 0.3 is 0 Å². The van der Waals surface area contributed by atoms with Crippen LogP contribution < -0.4 is 0 Å². The predicted molar refractivity (Wildman–Crippen MR) is 120 cm³/mol. The number of halogens is 1. The van der Waals surface area contributed by atoms with E-state index in [9.17, 15) is 4.39 Å². The Morgan fingerprint density at radius 1 is 1.03 bits per heavy atom. The second-order valence-electron chi connectivity index (χ2n) is 7.51. The minimum atomic E-state index is -0.234. The first-order chi connectivity index (χ1) is 15.1. The summed E-state index contributed by atoms with van der Waals surface area (Å²) in [4.78, 5) is 9.64. The number of aryl methyl sites for hydroxylation is 3. The summed E-state index contributed by atoms with van der Waals surface area (Å²) in [6.45, 7) is 4.04. The molecule has 0 unspecified atom stereocenters. The van der Waals surface area contributed by atoms with Gasteiger partial charge in [0.1, 0.15) is 5.82 Å². The van der Waals surface area contributed by atoms with Crippen LogP contribution in [-0.2, 0) is 18.6 Å². The molecule has 5 rings (SSSR count). The Bertz CT molecular complexity index is 1370. The molecule has 0 fully saturated rings. The van der Waals surface area contributed by atoms with Gasteiger partial charge in [0, 0.05) is 23.3 Å². The highest BCUT2D eigenvalue weighted by Gasteiger charge is 2.15. The fraction of sp³-hybridized carbons (Fsp3) is 0.217. The van der Waals surface area contributed by atoms with E-state index in [1.165, 1.54) is 23.4 Å². The molecule has 2 aromatic carbocycles. The summed E-state index contributed by atoms with van der Waals surface area (Å²) in [6, 6.07) is 14.6. The quantitative estimate of drug-likeness (QED) is 0.307. The minimum Gasteiger partial charge on any atom is -0.282 e. The molecule has 0 aliphatic carbocycles. The number of aromatic nitrogens is 6. The maximum absolute atomic E-state index is 13.6. The lowest BCUT2D eigenvalue weighted by atomic mass is 10.1. The first kappa shape index (κ1) is 19.7. The third-order valence-electron chi connectivity index (χ3n) is 5.33. The van der Waals surface area contributed by atoms with Crippen molar-refractivity contribution in [2.24, 2.45) is 0 Å². The molecule has 0 amide bonds. The Hall–Kier alpha value is -3.26. The molecule has 1 N–H and O–H groups in total. The van der Waals surface area contributed by atoms with Crippen LogP contribution in [0.15, 0.2) is 53.7 Å². The molecular formula is C23H21FN6S. The Morgan fingerprint density at radius 3 is 2.71 bits per heavy atom. The van der Waals surface area contributed by atoms with Crippen LogP contribution in [0.3, 0.4) is 0 Å². The third kappa shape index (κ3) is 3.90. The smallest absolute Gasteiger partial charge is 0.191 e. The van der Waals surface area contributed by atoms with E-state index in [1.807, 2.05) is 48.7 Å². The van der Waals surface area contributed by atoms with E-state index < -0.39 is 0 Å². The van der Waals surface area contributed by atoms with Crippen molar-refractivity contribution in [3.05, 3.63) is 82.7 Å². The van der Waals surface area contributed by atoms with Crippen LogP contribution in [0.25, 0.3) is 16.6 Å². The van der Waals surface area contributed by atoms with Gasteiger partial charge < -0.3 is 0 Å². The number of nitrogens with zero attached hydrogens (tertiary/aromatic N) is 5. The topological polar surface area (TPSA) is 71.8 Å². The number of aromatic amines is 1. The number of benzene rings is 2. The second-order valence-corrected chi connectivity index (χ2v) is 8.45. The fourth-order valence-electron chi connectivity index (χ4n) is 3.73. The van der Waals surface area contributed by atoms with Crippen molar-refractivity contribution in [1.29, 1.82) is 0 Å². The van der Waals surface area contributed by atoms with E-state index in [-0.39, 0.29) is 5.82 Å². The lowest BCUT2D eigenvalue weighted by molar-refractivity contribution is 0.626. The number of thioether (sulfide) groups is 1. The van der Waals surface area contributed by atoms with Gasteiger partial charge in [0.25, 0.3) is 0 Å². The summed E-state index contributed by atoms with van der Waals surface area (Å²) < 4.78 is 15.4. The average Bonchev–Trinajstić information content (AvgIpc) is 3.34. The van der Waals surface area contributed by atoms with Gasteiger partial charge in [0.2, 0.25) is 0 Å². The van der Waals surface area contributed by atoms with Crippen LogP contribution >= 0.6 is 11.8 Å². The number of nitrogens with one attached hydrogen (secondary N) is 1. The fourth-order valence-corrected chi connectivity index (χ4v) is 4.61. The molecule has 31 heavy (non-hydrogen) atoms. The van der Waals surface area contributed by atoms with Crippen molar-refractivity contribution in [1.82, 2.24) is 29.8 Å². The molecule has 0 bridgehead atoms. The molecule has 156 valence electrons. The molecule has 0 aliphatic rings. The molecule has 3 heterocycles. The molecule has 0 aliphatic heterocycles. The monoisotopic (exact) mass is 432 g/mol. The lowest BCUT2D eigenvalue weighted by Crippen LogP contribution is -2.00. The SMILES string of the molecule is Cc1n[nH]c(C)c1CCc1nc2c3ccccc3nc(SCc3cccc(F)c3)n2n1. The molecule has 0 radical (unpaired) electrons. The molecule has 3 aromatic heterocycles. The summed E-state index contributed by atoms with van der Waals surface area (Å²) >= 11 is 1.53. The number of H-pyrrole nitrogens is 1. The minimum absolute atomic E-state index is 0.234. The Kier molecular flexibility index (Phi) is 5.15. The standard InChI is InChI=1S/C23H21FN6S/c1-14-18(15(2)28-27-14)10-11-21-26-22-19-8-3-4-9-20(19)25-23(30(22)29-21)31-13-16-6-5-7-17(24)12-16/h3-9,12H,10-11,13H2,1-2H3,(H,27,28). The van der Waals surface area contributed by atoms with Crippen LogP contribution in [-0.4, -0.2) is 29.8 Å². The summed E-state index contributed by atoms with van der Waals surface area (Å²) in [5, 5.41) is 13.8. The number of rotatable bonds is 6. The molecular weight excluding hydrogens is 411 g/mol. The number of hydrogen-bond acceptors (Lipinski definition) is 5. The normalized spacial score (nSPS) is 11.6. The van der Waals surface area contributed by atoms with E-state index in [1.54, 1.807) is 12.1 Å². The maximum Gasteiger partial charge on any atom is 0.191 e. The van der Waals surface area contributed by atoms with Gasteiger partial charge in [0.05, 0.1) is 11.2 Å². The maximum atomic E-state index is 13.6. The largest absolute Gasteiger partial charge is 0.282 e. The van der Waals surface area contributed by atoms with Gasteiger partial charge in [-0.2, -0.15) is 9.61 Å². The zero-order chi connectivity index (χ0) is 21.4. The van der Waals surface area contributed by atoms with E-state index in [0.29, 0.717) is 12.2 Å². The molecule has 0 atom stereocenters. The van der Waals surface area contributed by atoms with Gasteiger partial charge in [-0.3, -0.25) is 5.10 Å². The summed E-state index contributed by atoms with van der Waals surface area (Å²) in [7, 11) is 0. The van der Waals surface area contributed by atoms with Gasteiger partial charge in [-0.05, 0) is 55.7 Å². The molecule has 0 saturated carbocycles. The molecule has 8 heteroatoms. The zero-order valence-corrected chi connectivity index (χ0v) is 18.1. The molecule has 6 nitrogen and oxygen atoms in total. The van der Waals surface area contributed by atoms with Crippen LogP contribution in [0.5, 0.6) is 0 Å². The Labute approximate surface area is 182 Å². The van der Waals surface area contributed by atoms with Crippen molar-refractivity contribution in [3.63, 3.8) is 0 Å². The molecule has 0 spiro atoms. The summed E-state index contributed by atoms with van der Waals surface area (Å²) in [5.74, 6) is 1.13. The summed E-state index contributed by atoms with van der Waals surface area (Å²) in [5.41, 5.74) is 5.88. The van der Waals surface area contributed by atoms with Gasteiger partial charge in [-0.15, -0.1) is 5.10 Å². The third-order valence-corrected chi connectivity index (χ3v) is 6.33. The van der Waals surface area contributed by atoms with Gasteiger partial charge in [-0.1, -0.05) is 36.0 Å². The van der Waals surface area contributed by atoms with E-state index in [4.69, 9.17) is 15.1 Å². The predicted octanol–water partition coefficient (Wildman–Crippen LogP) is 4.83. The van der Waals surface area contributed by atoms with Crippen molar-refractivity contribution in [2.75, 3.05) is 0 Å². The molecule has 0 saturated heterocycles. The van der Waals surface area contributed by atoms with Crippen LogP contribution in [0.4, 0.5) is 4.39 Å². The second kappa shape index (κ2) is 8.11. The van der Waals surface area contributed by atoms with E-state index in [0.717, 1.165) is 50.9 Å². The highest BCUT2D eigenvalue weighted by Crippen LogP contribution is 2.26.